The first-order chi connectivity index (χ1) is 13.3. The Morgan fingerprint density at radius 2 is 1.93 bits per heavy atom. The van der Waals surface area contributed by atoms with Gasteiger partial charge >= 0.3 is 0 Å². The number of hydrogen-bond donors (Lipinski definition) is 1. The first kappa shape index (κ1) is 20.0. The summed E-state index contributed by atoms with van der Waals surface area (Å²) in [5.41, 5.74) is 1.08. The molecule has 2 aromatic rings. The number of ether oxygens (including phenoxy) is 3. The van der Waals surface area contributed by atoms with E-state index < -0.39 is 10.0 Å². The second-order valence-corrected chi connectivity index (χ2v) is 8.10. The van der Waals surface area contributed by atoms with E-state index in [9.17, 15) is 13.2 Å². The molecule has 3 rings (SSSR count). The van der Waals surface area contributed by atoms with E-state index in [0.717, 1.165) is 5.56 Å². The number of fused-ring (bicyclic) bond motifs is 1. The van der Waals surface area contributed by atoms with Gasteiger partial charge < -0.3 is 19.5 Å². The number of carbonyl (C=O) groups is 1. The average molecular weight is 406 g/mol. The molecule has 9 heteroatoms. The van der Waals surface area contributed by atoms with Crippen molar-refractivity contribution < 1.29 is 27.4 Å². The fourth-order valence-electron chi connectivity index (χ4n) is 2.89. The lowest BCUT2D eigenvalue weighted by Crippen LogP contribution is -2.30. The van der Waals surface area contributed by atoms with Crippen LogP contribution in [-0.4, -0.2) is 39.1 Å². The van der Waals surface area contributed by atoms with Gasteiger partial charge in [0.25, 0.3) is 0 Å². The van der Waals surface area contributed by atoms with Gasteiger partial charge in [0.15, 0.2) is 11.5 Å². The zero-order valence-corrected chi connectivity index (χ0v) is 16.7. The van der Waals surface area contributed by atoms with Crippen molar-refractivity contribution in [1.29, 1.82) is 0 Å². The maximum atomic E-state index is 13.2. The van der Waals surface area contributed by atoms with Crippen molar-refractivity contribution in [2.75, 3.05) is 25.8 Å². The number of methoxy groups -OCH3 is 1. The Bertz CT molecular complexity index is 990. The molecule has 0 spiro atoms. The van der Waals surface area contributed by atoms with Crippen LogP contribution in [0.1, 0.15) is 19.4 Å². The number of nitrogens with one attached hydrogen (secondary N) is 1. The SMILES string of the molecule is CCN(Cc1ccc2c(c1)OCO2)S(=O)(=O)c1ccc(OC)c(NC(C)=O)c1. The van der Waals surface area contributed by atoms with E-state index in [0.29, 0.717) is 22.9 Å². The first-order valence-corrected chi connectivity index (χ1v) is 10.1. The van der Waals surface area contributed by atoms with Crippen molar-refractivity contribution in [3.8, 4) is 17.2 Å². The highest BCUT2D eigenvalue weighted by molar-refractivity contribution is 7.89. The summed E-state index contributed by atoms with van der Waals surface area (Å²) >= 11 is 0. The van der Waals surface area contributed by atoms with Crippen LogP contribution < -0.4 is 19.5 Å². The minimum atomic E-state index is -3.79. The predicted molar refractivity (Wildman–Crippen MR) is 103 cm³/mol. The van der Waals surface area contributed by atoms with Crippen LogP contribution in [0.2, 0.25) is 0 Å². The average Bonchev–Trinajstić information content (AvgIpc) is 3.13. The molecule has 0 bridgehead atoms. The zero-order valence-electron chi connectivity index (χ0n) is 15.9. The van der Waals surface area contributed by atoms with Crippen LogP contribution in [0, 0.1) is 0 Å². The molecule has 1 N–H and O–H groups in total. The Hall–Kier alpha value is -2.78. The third kappa shape index (κ3) is 4.05. The van der Waals surface area contributed by atoms with Crippen molar-refractivity contribution in [3.05, 3.63) is 42.0 Å². The maximum Gasteiger partial charge on any atom is 0.243 e. The molecule has 8 nitrogen and oxygen atoms in total. The smallest absolute Gasteiger partial charge is 0.243 e. The van der Waals surface area contributed by atoms with Gasteiger partial charge in [-0.2, -0.15) is 4.31 Å². The standard InChI is InChI=1S/C19H22N2O6S/c1-4-21(11-14-5-7-18-19(9-14)27-12-26-18)28(23,24)15-6-8-17(25-3)16(10-15)20-13(2)22/h5-10H,4,11-12H2,1-3H3,(H,20,22). The minimum Gasteiger partial charge on any atom is -0.495 e. The van der Waals surface area contributed by atoms with Crippen molar-refractivity contribution in [1.82, 2.24) is 4.31 Å². The third-order valence-electron chi connectivity index (χ3n) is 4.27. The fraction of sp³-hybridized carbons (Fsp3) is 0.316. The fourth-order valence-corrected chi connectivity index (χ4v) is 4.36. The third-order valence-corrected chi connectivity index (χ3v) is 6.18. The molecule has 1 aliphatic rings. The Kier molecular flexibility index (Phi) is 5.76. The van der Waals surface area contributed by atoms with Crippen LogP contribution in [0.3, 0.4) is 0 Å². The van der Waals surface area contributed by atoms with Crippen LogP contribution in [0.15, 0.2) is 41.3 Å². The van der Waals surface area contributed by atoms with Crippen molar-refractivity contribution >= 4 is 21.6 Å². The molecule has 0 atom stereocenters. The molecule has 2 aromatic carbocycles. The Morgan fingerprint density at radius 3 is 2.61 bits per heavy atom. The summed E-state index contributed by atoms with van der Waals surface area (Å²) in [6.07, 6.45) is 0. The number of sulfonamides is 1. The first-order valence-electron chi connectivity index (χ1n) is 8.69. The Morgan fingerprint density at radius 1 is 1.18 bits per heavy atom. The van der Waals surface area contributed by atoms with Gasteiger partial charge in [-0.1, -0.05) is 13.0 Å². The molecule has 0 saturated carbocycles. The van der Waals surface area contributed by atoms with Gasteiger partial charge in [0.1, 0.15) is 5.75 Å². The summed E-state index contributed by atoms with van der Waals surface area (Å²) in [6, 6.07) is 9.73. The van der Waals surface area contributed by atoms with Crippen LogP contribution >= 0.6 is 0 Å². The van der Waals surface area contributed by atoms with Crippen LogP contribution in [0.4, 0.5) is 5.69 Å². The summed E-state index contributed by atoms with van der Waals surface area (Å²) < 4.78 is 43.5. The molecular weight excluding hydrogens is 384 g/mol. The monoisotopic (exact) mass is 406 g/mol. The highest BCUT2D eigenvalue weighted by Crippen LogP contribution is 2.34. The van der Waals surface area contributed by atoms with Gasteiger partial charge in [0.05, 0.1) is 17.7 Å². The molecule has 0 saturated heterocycles. The highest BCUT2D eigenvalue weighted by Gasteiger charge is 2.25. The lowest BCUT2D eigenvalue weighted by Gasteiger charge is -2.21. The summed E-state index contributed by atoms with van der Waals surface area (Å²) in [7, 11) is -2.34. The normalized spacial score (nSPS) is 12.9. The van der Waals surface area contributed by atoms with E-state index in [1.807, 2.05) is 6.07 Å². The number of benzene rings is 2. The van der Waals surface area contributed by atoms with Crippen LogP contribution in [0.5, 0.6) is 17.2 Å². The number of amides is 1. The Labute approximate surface area is 164 Å². The quantitative estimate of drug-likeness (QED) is 0.760. The van der Waals surface area contributed by atoms with Gasteiger partial charge in [-0.25, -0.2) is 8.42 Å². The second kappa shape index (κ2) is 8.07. The number of anilines is 1. The molecule has 0 aromatic heterocycles. The molecule has 0 unspecified atom stereocenters. The van der Waals surface area contributed by atoms with Crippen molar-refractivity contribution in [3.63, 3.8) is 0 Å². The van der Waals surface area contributed by atoms with E-state index in [2.05, 4.69) is 5.32 Å². The predicted octanol–water partition coefficient (Wildman–Crippen LogP) is 2.59. The molecule has 150 valence electrons. The van der Waals surface area contributed by atoms with Gasteiger partial charge in [-0.3, -0.25) is 4.79 Å². The number of hydrogen-bond acceptors (Lipinski definition) is 6. The van der Waals surface area contributed by atoms with Crippen molar-refractivity contribution in [2.45, 2.75) is 25.3 Å². The van der Waals surface area contributed by atoms with Gasteiger partial charge in [0, 0.05) is 20.0 Å². The van der Waals surface area contributed by atoms with Gasteiger partial charge in [-0.15, -0.1) is 0 Å². The largest absolute Gasteiger partial charge is 0.495 e. The second-order valence-electron chi connectivity index (χ2n) is 6.16. The molecule has 0 fully saturated rings. The minimum absolute atomic E-state index is 0.0691. The molecule has 1 amide bonds. The lowest BCUT2D eigenvalue weighted by molar-refractivity contribution is -0.114. The summed E-state index contributed by atoms with van der Waals surface area (Å²) in [4.78, 5) is 11.5. The summed E-state index contributed by atoms with van der Waals surface area (Å²) in [6.45, 7) is 3.73. The van der Waals surface area contributed by atoms with Crippen LogP contribution in [0.25, 0.3) is 0 Å². The zero-order chi connectivity index (χ0) is 20.3. The Balaban J connectivity index is 1.90. The highest BCUT2D eigenvalue weighted by atomic mass is 32.2. The topological polar surface area (TPSA) is 94.2 Å². The van der Waals surface area contributed by atoms with E-state index in [4.69, 9.17) is 14.2 Å². The van der Waals surface area contributed by atoms with Crippen LogP contribution in [-0.2, 0) is 21.4 Å². The molecule has 1 heterocycles. The van der Waals surface area contributed by atoms with Crippen molar-refractivity contribution in [2.24, 2.45) is 0 Å². The van der Waals surface area contributed by atoms with E-state index in [1.54, 1.807) is 19.1 Å². The van der Waals surface area contributed by atoms with E-state index in [-0.39, 0.29) is 30.7 Å². The molecule has 28 heavy (non-hydrogen) atoms. The van der Waals surface area contributed by atoms with E-state index in [1.165, 1.54) is 36.5 Å². The number of rotatable bonds is 7. The molecule has 0 radical (unpaired) electrons. The van der Waals surface area contributed by atoms with E-state index >= 15 is 0 Å². The number of nitrogens with zero attached hydrogens (tertiary/aromatic N) is 1. The summed E-state index contributed by atoms with van der Waals surface area (Å²) in [5, 5.41) is 2.59. The summed E-state index contributed by atoms with van der Waals surface area (Å²) in [5.74, 6) is 1.31. The van der Waals surface area contributed by atoms with Gasteiger partial charge in [-0.05, 0) is 35.9 Å². The molecule has 1 aliphatic heterocycles. The van der Waals surface area contributed by atoms with Gasteiger partial charge in [0.2, 0.25) is 22.7 Å². The number of carbonyl (C=O) groups excluding carboxylic acids is 1. The maximum absolute atomic E-state index is 13.2. The molecular formula is C19H22N2O6S. The lowest BCUT2D eigenvalue weighted by atomic mass is 10.2. The molecule has 0 aliphatic carbocycles.